The van der Waals surface area contributed by atoms with Crippen LogP contribution >= 0.6 is 12.4 Å². The van der Waals surface area contributed by atoms with E-state index >= 15 is 0 Å². The van der Waals surface area contributed by atoms with E-state index < -0.39 is 0 Å². The number of hydrogen-bond acceptors (Lipinski definition) is 1. The molecule has 0 amide bonds. The summed E-state index contributed by atoms with van der Waals surface area (Å²) in [6.07, 6.45) is 8.17. The zero-order valence-corrected chi connectivity index (χ0v) is 10.6. The van der Waals surface area contributed by atoms with E-state index in [1.54, 1.807) is 0 Å². The minimum atomic E-state index is 0. The van der Waals surface area contributed by atoms with Crippen LogP contribution in [0.2, 0.25) is 0 Å². The Hall–Kier alpha value is -0.530. The normalized spacial score (nSPS) is 19.6. The van der Waals surface area contributed by atoms with Crippen LogP contribution in [0.15, 0.2) is 30.3 Å². The van der Waals surface area contributed by atoms with Crippen LogP contribution < -0.4 is 5.73 Å². The highest BCUT2D eigenvalue weighted by Gasteiger charge is 2.20. The van der Waals surface area contributed by atoms with Gasteiger partial charge in [0.2, 0.25) is 0 Å². The molecular weight excluding hydrogens is 218 g/mol. The second-order valence-electron chi connectivity index (χ2n) is 4.69. The summed E-state index contributed by atoms with van der Waals surface area (Å²) in [4.78, 5) is 0. The smallest absolute Gasteiger partial charge is 0.0323 e. The van der Waals surface area contributed by atoms with Crippen molar-refractivity contribution in [3.8, 4) is 0 Å². The average Bonchev–Trinajstić information content (AvgIpc) is 2.58. The lowest BCUT2D eigenvalue weighted by Gasteiger charge is -2.22. The van der Waals surface area contributed by atoms with Gasteiger partial charge in [-0.15, -0.1) is 12.4 Å². The van der Waals surface area contributed by atoms with Crippen molar-refractivity contribution in [1.29, 1.82) is 0 Å². The van der Waals surface area contributed by atoms with Crippen LogP contribution in [0.25, 0.3) is 0 Å². The Morgan fingerprint density at radius 3 is 2.06 bits per heavy atom. The maximum absolute atomic E-state index is 6.34. The first kappa shape index (κ1) is 13.5. The lowest BCUT2D eigenvalue weighted by molar-refractivity contribution is 0.382. The Labute approximate surface area is 105 Å². The Balaban J connectivity index is 0.00000128. The molecule has 0 aliphatic heterocycles. The van der Waals surface area contributed by atoms with E-state index in [1.807, 2.05) is 0 Å². The first-order valence-corrected chi connectivity index (χ1v) is 6.18. The van der Waals surface area contributed by atoms with Crippen LogP contribution in [0.5, 0.6) is 0 Å². The van der Waals surface area contributed by atoms with Gasteiger partial charge in [-0.3, -0.25) is 0 Å². The lowest BCUT2D eigenvalue weighted by atomic mass is 9.88. The van der Waals surface area contributed by atoms with Crippen LogP contribution in [0.4, 0.5) is 0 Å². The SMILES string of the molecule is Cl.NC(c1ccccc1)C1CCCCCC1. The molecule has 1 aliphatic carbocycles. The molecule has 1 aromatic rings. The molecule has 16 heavy (non-hydrogen) atoms. The molecule has 1 unspecified atom stereocenters. The minimum absolute atomic E-state index is 0. The highest BCUT2D eigenvalue weighted by Crippen LogP contribution is 2.31. The molecule has 1 fully saturated rings. The van der Waals surface area contributed by atoms with Crippen LogP contribution in [0.1, 0.15) is 50.1 Å². The Morgan fingerprint density at radius 2 is 1.50 bits per heavy atom. The number of hydrogen-bond donors (Lipinski definition) is 1. The summed E-state index contributed by atoms with van der Waals surface area (Å²) in [6, 6.07) is 10.8. The molecule has 1 aliphatic rings. The number of nitrogens with two attached hydrogens (primary N) is 1. The maximum atomic E-state index is 6.34. The highest BCUT2D eigenvalue weighted by molar-refractivity contribution is 5.85. The largest absolute Gasteiger partial charge is 0.324 e. The van der Waals surface area contributed by atoms with E-state index in [2.05, 4.69) is 30.3 Å². The van der Waals surface area contributed by atoms with Gasteiger partial charge in [0.1, 0.15) is 0 Å². The molecule has 1 nitrogen and oxygen atoms in total. The molecule has 0 heterocycles. The second kappa shape index (κ2) is 6.93. The second-order valence-corrected chi connectivity index (χ2v) is 4.69. The van der Waals surface area contributed by atoms with Crippen molar-refractivity contribution in [1.82, 2.24) is 0 Å². The molecule has 1 aromatic carbocycles. The molecule has 90 valence electrons. The summed E-state index contributed by atoms with van der Waals surface area (Å²) in [6.45, 7) is 0. The molecule has 2 heteroatoms. The summed E-state index contributed by atoms with van der Waals surface area (Å²) in [5.74, 6) is 0.704. The summed E-state index contributed by atoms with van der Waals surface area (Å²) in [5.41, 5.74) is 7.65. The number of halogens is 1. The lowest BCUT2D eigenvalue weighted by Crippen LogP contribution is -2.20. The Morgan fingerprint density at radius 1 is 0.938 bits per heavy atom. The monoisotopic (exact) mass is 239 g/mol. The maximum Gasteiger partial charge on any atom is 0.0323 e. The van der Waals surface area contributed by atoms with Crippen LogP contribution in [0.3, 0.4) is 0 Å². The van der Waals surface area contributed by atoms with E-state index in [4.69, 9.17) is 5.73 Å². The van der Waals surface area contributed by atoms with E-state index in [9.17, 15) is 0 Å². The van der Waals surface area contributed by atoms with Gasteiger partial charge >= 0.3 is 0 Å². The van der Waals surface area contributed by atoms with Gasteiger partial charge in [-0.2, -0.15) is 0 Å². The zero-order valence-electron chi connectivity index (χ0n) is 9.77. The quantitative estimate of drug-likeness (QED) is 0.774. The Kier molecular flexibility index (Phi) is 5.86. The molecule has 0 saturated heterocycles. The van der Waals surface area contributed by atoms with Gasteiger partial charge in [0, 0.05) is 6.04 Å². The third-order valence-electron chi connectivity index (χ3n) is 3.59. The van der Waals surface area contributed by atoms with Crippen LogP contribution in [-0.2, 0) is 0 Å². The average molecular weight is 240 g/mol. The van der Waals surface area contributed by atoms with Crippen molar-refractivity contribution in [2.75, 3.05) is 0 Å². The van der Waals surface area contributed by atoms with Crippen molar-refractivity contribution in [2.24, 2.45) is 11.7 Å². The third-order valence-corrected chi connectivity index (χ3v) is 3.59. The first-order valence-electron chi connectivity index (χ1n) is 6.18. The van der Waals surface area contributed by atoms with Crippen LogP contribution in [-0.4, -0.2) is 0 Å². The minimum Gasteiger partial charge on any atom is -0.324 e. The summed E-state index contributed by atoms with van der Waals surface area (Å²) >= 11 is 0. The molecular formula is C14H22ClN. The standard InChI is InChI=1S/C14H21N.ClH/c15-14(13-10-6-3-7-11-13)12-8-4-1-2-5-9-12;/h3,6-7,10-12,14H,1-2,4-5,8-9,15H2;1H. The summed E-state index contributed by atoms with van der Waals surface area (Å²) < 4.78 is 0. The fraction of sp³-hybridized carbons (Fsp3) is 0.571. The van der Waals surface area contributed by atoms with Crippen molar-refractivity contribution >= 4 is 12.4 Å². The van der Waals surface area contributed by atoms with Crippen LogP contribution in [0, 0.1) is 5.92 Å². The molecule has 0 aromatic heterocycles. The Bertz CT molecular complexity index is 278. The van der Waals surface area contributed by atoms with E-state index in [0.29, 0.717) is 5.92 Å². The van der Waals surface area contributed by atoms with Gasteiger partial charge in [0.15, 0.2) is 0 Å². The highest BCUT2D eigenvalue weighted by atomic mass is 35.5. The first-order chi connectivity index (χ1) is 7.38. The fourth-order valence-electron chi connectivity index (χ4n) is 2.62. The van der Waals surface area contributed by atoms with Crippen molar-refractivity contribution in [3.05, 3.63) is 35.9 Å². The van der Waals surface area contributed by atoms with Gasteiger partial charge in [-0.05, 0) is 24.3 Å². The van der Waals surface area contributed by atoms with Gasteiger partial charge in [-0.25, -0.2) is 0 Å². The molecule has 2 rings (SSSR count). The third kappa shape index (κ3) is 3.50. The zero-order chi connectivity index (χ0) is 10.5. The number of benzene rings is 1. The van der Waals surface area contributed by atoms with Crippen molar-refractivity contribution in [3.63, 3.8) is 0 Å². The van der Waals surface area contributed by atoms with Gasteiger partial charge in [0.25, 0.3) is 0 Å². The fourth-order valence-corrected chi connectivity index (χ4v) is 2.62. The molecule has 0 spiro atoms. The molecule has 1 atom stereocenters. The topological polar surface area (TPSA) is 26.0 Å². The molecule has 1 saturated carbocycles. The molecule has 0 radical (unpaired) electrons. The van der Waals surface area contributed by atoms with Crippen molar-refractivity contribution in [2.45, 2.75) is 44.6 Å². The summed E-state index contributed by atoms with van der Waals surface area (Å²) in [5, 5.41) is 0. The van der Waals surface area contributed by atoms with Crippen molar-refractivity contribution < 1.29 is 0 Å². The van der Waals surface area contributed by atoms with Gasteiger partial charge in [0.05, 0.1) is 0 Å². The molecule has 2 N–H and O–H groups in total. The predicted molar refractivity (Wildman–Crippen MR) is 71.8 cm³/mol. The van der Waals surface area contributed by atoms with E-state index in [-0.39, 0.29) is 18.4 Å². The summed E-state index contributed by atoms with van der Waals surface area (Å²) in [7, 11) is 0. The van der Waals surface area contributed by atoms with E-state index in [0.717, 1.165) is 0 Å². The van der Waals surface area contributed by atoms with Gasteiger partial charge < -0.3 is 5.73 Å². The number of rotatable bonds is 2. The van der Waals surface area contributed by atoms with Gasteiger partial charge in [-0.1, -0.05) is 56.0 Å². The predicted octanol–water partition coefficient (Wildman–Crippen LogP) is 4.08. The molecule has 0 bridgehead atoms. The van der Waals surface area contributed by atoms with E-state index in [1.165, 1.54) is 44.1 Å².